The Morgan fingerprint density at radius 1 is 1.33 bits per heavy atom. The maximum absolute atomic E-state index is 12.3. The molecule has 0 spiro atoms. The summed E-state index contributed by atoms with van der Waals surface area (Å²) in [6.45, 7) is 0. The molecule has 92 valence electrons. The summed E-state index contributed by atoms with van der Waals surface area (Å²) < 4.78 is 5.62. The molecule has 0 fully saturated rings. The van der Waals surface area contributed by atoms with Gasteiger partial charge in [0.05, 0.1) is 7.11 Å². The Hall–Kier alpha value is -1.46. The van der Waals surface area contributed by atoms with E-state index in [1.54, 1.807) is 18.2 Å². The maximum atomic E-state index is 12.3. The number of halogens is 2. The summed E-state index contributed by atoms with van der Waals surface area (Å²) >= 11 is 9.13. The van der Waals surface area contributed by atoms with Crippen LogP contribution in [0.4, 0.5) is 0 Å². The second-order valence-electron chi connectivity index (χ2n) is 3.37. The van der Waals surface area contributed by atoms with Crippen molar-refractivity contribution in [2.45, 2.75) is 0 Å². The van der Waals surface area contributed by atoms with Crippen molar-refractivity contribution in [3.05, 3.63) is 51.3 Å². The molecule has 0 amide bonds. The Labute approximate surface area is 117 Å². The number of carbonyl (C=O) groups is 1. The molecule has 0 saturated heterocycles. The van der Waals surface area contributed by atoms with Gasteiger partial charge in [0, 0.05) is 27.5 Å². The van der Waals surface area contributed by atoms with Crippen LogP contribution in [0.25, 0.3) is 0 Å². The highest BCUT2D eigenvalue weighted by Crippen LogP contribution is 2.25. The molecule has 0 radical (unpaired) electrons. The molecule has 2 aromatic rings. The van der Waals surface area contributed by atoms with E-state index in [1.165, 1.54) is 19.5 Å². The van der Waals surface area contributed by atoms with Crippen LogP contribution in [0.2, 0.25) is 5.02 Å². The third-order valence-corrected chi connectivity index (χ3v) is 3.14. The van der Waals surface area contributed by atoms with E-state index in [9.17, 15) is 4.79 Å². The van der Waals surface area contributed by atoms with Crippen molar-refractivity contribution < 1.29 is 9.53 Å². The van der Waals surface area contributed by atoms with E-state index in [1.807, 2.05) is 0 Å². The van der Waals surface area contributed by atoms with E-state index in [0.29, 0.717) is 15.1 Å². The lowest BCUT2D eigenvalue weighted by Crippen LogP contribution is -2.08. The van der Waals surface area contributed by atoms with E-state index in [4.69, 9.17) is 16.3 Å². The van der Waals surface area contributed by atoms with Crippen LogP contribution in [0.5, 0.6) is 5.88 Å². The molecule has 2 rings (SSSR count). The van der Waals surface area contributed by atoms with E-state index in [-0.39, 0.29) is 17.4 Å². The summed E-state index contributed by atoms with van der Waals surface area (Å²) in [5.41, 5.74) is 0.626. The number of carbonyl (C=O) groups excluding carboxylic acids is 1. The van der Waals surface area contributed by atoms with Gasteiger partial charge in [-0.2, -0.15) is 0 Å². The number of hydrogen-bond donors (Lipinski definition) is 0. The van der Waals surface area contributed by atoms with E-state index >= 15 is 0 Å². The van der Waals surface area contributed by atoms with Gasteiger partial charge < -0.3 is 4.74 Å². The van der Waals surface area contributed by atoms with Gasteiger partial charge in [0.1, 0.15) is 0 Å². The molecule has 0 atom stereocenters. The number of hydrogen-bond acceptors (Lipinski definition) is 4. The summed E-state index contributed by atoms with van der Waals surface area (Å²) in [7, 11) is 1.44. The maximum Gasteiger partial charge on any atom is 0.243 e. The van der Waals surface area contributed by atoms with Crippen molar-refractivity contribution in [1.29, 1.82) is 0 Å². The Balaban J connectivity index is 2.48. The summed E-state index contributed by atoms with van der Waals surface area (Å²) in [4.78, 5) is 20.2. The molecule has 18 heavy (non-hydrogen) atoms. The fourth-order valence-corrected chi connectivity index (χ4v) is 2.29. The van der Waals surface area contributed by atoms with Crippen LogP contribution in [-0.2, 0) is 0 Å². The molecule has 6 heteroatoms. The van der Waals surface area contributed by atoms with Gasteiger partial charge in [0.25, 0.3) is 0 Å². The topological polar surface area (TPSA) is 52.1 Å². The number of methoxy groups -OCH3 is 1. The molecule has 0 aliphatic carbocycles. The van der Waals surface area contributed by atoms with Gasteiger partial charge in [-0.25, -0.2) is 9.97 Å². The van der Waals surface area contributed by atoms with Crippen LogP contribution < -0.4 is 4.74 Å². The molecule has 0 aliphatic heterocycles. The quantitative estimate of drug-likeness (QED) is 0.813. The molecular formula is C12H8BrClN2O2. The van der Waals surface area contributed by atoms with E-state index in [2.05, 4.69) is 25.9 Å². The first kappa shape index (κ1) is 13.0. The highest BCUT2D eigenvalue weighted by atomic mass is 79.9. The third kappa shape index (κ3) is 2.52. The predicted molar refractivity (Wildman–Crippen MR) is 71.2 cm³/mol. The zero-order chi connectivity index (χ0) is 13.1. The number of nitrogens with zero attached hydrogens (tertiary/aromatic N) is 2. The van der Waals surface area contributed by atoms with Crippen LogP contribution >= 0.6 is 27.5 Å². The molecule has 1 heterocycles. The van der Waals surface area contributed by atoms with Crippen molar-refractivity contribution in [2.75, 3.05) is 7.11 Å². The van der Waals surface area contributed by atoms with Crippen LogP contribution in [0.3, 0.4) is 0 Å². The average molecular weight is 328 g/mol. The molecule has 0 N–H and O–H groups in total. The fraction of sp³-hybridized carbons (Fsp3) is 0.0833. The largest absolute Gasteiger partial charge is 0.479 e. The van der Waals surface area contributed by atoms with Gasteiger partial charge in [-0.15, -0.1) is 0 Å². The normalized spacial score (nSPS) is 10.2. The summed E-state index contributed by atoms with van der Waals surface area (Å²) in [6, 6.07) is 4.92. The van der Waals surface area contributed by atoms with Crippen LogP contribution in [0.1, 0.15) is 16.1 Å². The zero-order valence-corrected chi connectivity index (χ0v) is 11.7. The van der Waals surface area contributed by atoms with Gasteiger partial charge in [-0.05, 0) is 34.1 Å². The zero-order valence-electron chi connectivity index (χ0n) is 9.35. The van der Waals surface area contributed by atoms with Crippen LogP contribution in [0, 0.1) is 0 Å². The van der Waals surface area contributed by atoms with Gasteiger partial charge in [0.15, 0.2) is 5.69 Å². The lowest BCUT2D eigenvalue weighted by Gasteiger charge is -2.06. The number of ether oxygens (including phenoxy) is 1. The van der Waals surface area contributed by atoms with Crippen molar-refractivity contribution >= 4 is 33.3 Å². The number of ketones is 1. The molecule has 4 nitrogen and oxygen atoms in total. The number of benzene rings is 1. The van der Waals surface area contributed by atoms with Gasteiger partial charge in [-0.1, -0.05) is 11.6 Å². The molecule has 0 unspecified atom stereocenters. The van der Waals surface area contributed by atoms with Crippen molar-refractivity contribution in [3.8, 4) is 5.88 Å². The standard InChI is InChI=1S/C12H8BrClN2O2/c1-18-12-10(15-4-5-16-12)11(17)8-3-2-7(14)6-9(8)13/h2-6H,1H3. The molecule has 1 aromatic carbocycles. The predicted octanol–water partition coefficient (Wildman–Crippen LogP) is 3.13. The fourth-order valence-electron chi connectivity index (χ4n) is 1.43. The first-order valence-corrected chi connectivity index (χ1v) is 6.15. The molecule has 1 aromatic heterocycles. The van der Waals surface area contributed by atoms with Crippen molar-refractivity contribution in [1.82, 2.24) is 9.97 Å². The molecule has 0 saturated carbocycles. The number of aromatic nitrogens is 2. The highest BCUT2D eigenvalue weighted by Gasteiger charge is 2.19. The minimum absolute atomic E-state index is 0.169. The van der Waals surface area contributed by atoms with Gasteiger partial charge >= 0.3 is 0 Å². The Morgan fingerprint density at radius 2 is 2.06 bits per heavy atom. The van der Waals surface area contributed by atoms with Gasteiger partial charge in [0.2, 0.25) is 11.7 Å². The SMILES string of the molecule is COc1nccnc1C(=O)c1ccc(Cl)cc1Br. The first-order valence-electron chi connectivity index (χ1n) is 4.98. The van der Waals surface area contributed by atoms with E-state index < -0.39 is 0 Å². The Morgan fingerprint density at radius 3 is 2.72 bits per heavy atom. The van der Waals surface area contributed by atoms with E-state index in [0.717, 1.165) is 0 Å². The molecule has 0 bridgehead atoms. The third-order valence-electron chi connectivity index (χ3n) is 2.25. The summed E-state index contributed by atoms with van der Waals surface area (Å²) in [6.07, 6.45) is 2.91. The highest BCUT2D eigenvalue weighted by molar-refractivity contribution is 9.10. The summed E-state index contributed by atoms with van der Waals surface area (Å²) in [5, 5.41) is 0.546. The summed E-state index contributed by atoms with van der Waals surface area (Å²) in [5.74, 6) is -0.0761. The lowest BCUT2D eigenvalue weighted by molar-refractivity contribution is 0.102. The van der Waals surface area contributed by atoms with Gasteiger partial charge in [-0.3, -0.25) is 4.79 Å². The second-order valence-corrected chi connectivity index (χ2v) is 4.66. The van der Waals surface area contributed by atoms with Crippen LogP contribution in [0.15, 0.2) is 35.1 Å². The molecular weight excluding hydrogens is 320 g/mol. The smallest absolute Gasteiger partial charge is 0.243 e. The van der Waals surface area contributed by atoms with Crippen molar-refractivity contribution in [2.24, 2.45) is 0 Å². The molecule has 0 aliphatic rings. The monoisotopic (exact) mass is 326 g/mol. The lowest BCUT2D eigenvalue weighted by atomic mass is 10.1. The second kappa shape index (κ2) is 5.46. The Kier molecular flexibility index (Phi) is 3.93. The minimum Gasteiger partial charge on any atom is -0.479 e. The van der Waals surface area contributed by atoms with Crippen LogP contribution in [-0.4, -0.2) is 22.9 Å². The average Bonchev–Trinajstić information content (AvgIpc) is 2.38. The minimum atomic E-state index is -0.275. The Bertz CT molecular complexity index is 604. The number of rotatable bonds is 3. The first-order chi connectivity index (χ1) is 8.63. The van der Waals surface area contributed by atoms with Crippen molar-refractivity contribution in [3.63, 3.8) is 0 Å².